The van der Waals surface area contributed by atoms with E-state index in [2.05, 4.69) is 39.9 Å². The van der Waals surface area contributed by atoms with E-state index in [0.29, 0.717) is 26.2 Å². The zero-order valence-corrected chi connectivity index (χ0v) is 16.3. The highest BCUT2D eigenvalue weighted by Crippen LogP contribution is 2.37. The Morgan fingerprint density at radius 3 is 2.35 bits per heavy atom. The first-order valence-corrected chi connectivity index (χ1v) is 11.4. The number of methoxy groups -OCH3 is 1. The van der Waals surface area contributed by atoms with Crippen LogP contribution in [0.5, 0.6) is 0 Å². The smallest absolute Gasteiger partial charge is 0.192 e. The maximum absolute atomic E-state index is 6.32. The molecule has 0 aromatic heterocycles. The van der Waals surface area contributed by atoms with Gasteiger partial charge in [0.05, 0.1) is 25.9 Å². The van der Waals surface area contributed by atoms with E-state index in [9.17, 15) is 0 Å². The molecule has 134 valence electrons. The predicted octanol–water partition coefficient (Wildman–Crippen LogP) is 3.11. The fourth-order valence-electron chi connectivity index (χ4n) is 2.44. The fraction of sp³-hybridized carbons (Fsp3) is 0.882. The Balaban J connectivity index is 1.92. The van der Waals surface area contributed by atoms with Gasteiger partial charge in [0.1, 0.15) is 12.2 Å². The SMILES string of the molecule is CO[C@H]1C=C[C@@H](CC2OCCO2)O[C@@H]1CO[Si](C)(C)C(C)(C)C. The Morgan fingerprint density at radius 1 is 1.13 bits per heavy atom. The van der Waals surface area contributed by atoms with Crippen LogP contribution in [0.15, 0.2) is 12.2 Å². The van der Waals surface area contributed by atoms with Crippen LogP contribution in [0.1, 0.15) is 27.2 Å². The van der Waals surface area contributed by atoms with Crippen LogP contribution in [0.2, 0.25) is 18.1 Å². The Morgan fingerprint density at radius 2 is 1.78 bits per heavy atom. The van der Waals surface area contributed by atoms with E-state index in [1.807, 2.05) is 6.08 Å². The van der Waals surface area contributed by atoms with Gasteiger partial charge in [0.15, 0.2) is 14.6 Å². The highest BCUT2D eigenvalue weighted by atomic mass is 28.4. The van der Waals surface area contributed by atoms with Gasteiger partial charge in [-0.3, -0.25) is 0 Å². The number of hydrogen-bond donors (Lipinski definition) is 0. The molecule has 2 aliphatic rings. The molecular weight excluding hydrogens is 312 g/mol. The van der Waals surface area contributed by atoms with Crippen LogP contribution in [0, 0.1) is 0 Å². The van der Waals surface area contributed by atoms with Gasteiger partial charge in [-0.15, -0.1) is 0 Å². The molecule has 0 aromatic carbocycles. The molecule has 2 heterocycles. The second-order valence-electron chi connectivity index (χ2n) is 7.78. The summed E-state index contributed by atoms with van der Waals surface area (Å²) in [6, 6.07) is 0. The lowest BCUT2D eigenvalue weighted by molar-refractivity contribution is -0.122. The number of ether oxygens (including phenoxy) is 4. The van der Waals surface area contributed by atoms with Crippen molar-refractivity contribution in [1.82, 2.24) is 0 Å². The lowest BCUT2D eigenvalue weighted by Gasteiger charge is -2.39. The summed E-state index contributed by atoms with van der Waals surface area (Å²) in [4.78, 5) is 0. The third-order valence-corrected chi connectivity index (χ3v) is 9.53. The van der Waals surface area contributed by atoms with Crippen LogP contribution in [0.4, 0.5) is 0 Å². The minimum atomic E-state index is -1.80. The molecule has 0 radical (unpaired) electrons. The van der Waals surface area contributed by atoms with Crippen molar-refractivity contribution in [2.24, 2.45) is 0 Å². The van der Waals surface area contributed by atoms with Crippen molar-refractivity contribution in [3.63, 3.8) is 0 Å². The quantitative estimate of drug-likeness (QED) is 0.547. The maximum atomic E-state index is 6.32. The van der Waals surface area contributed by atoms with Gasteiger partial charge in [0.25, 0.3) is 0 Å². The molecule has 23 heavy (non-hydrogen) atoms. The molecule has 1 fully saturated rings. The molecule has 5 nitrogen and oxygen atoms in total. The first-order chi connectivity index (χ1) is 10.7. The summed E-state index contributed by atoms with van der Waals surface area (Å²) in [6.07, 6.45) is 4.49. The van der Waals surface area contributed by atoms with Crippen molar-refractivity contribution in [2.45, 2.75) is 69.9 Å². The molecule has 0 aromatic rings. The summed E-state index contributed by atoms with van der Waals surface area (Å²) >= 11 is 0. The van der Waals surface area contributed by atoms with Gasteiger partial charge in [-0.1, -0.05) is 32.9 Å². The molecule has 1 saturated heterocycles. The molecule has 0 bridgehead atoms. The van der Waals surface area contributed by atoms with Crippen LogP contribution in [-0.4, -0.2) is 59.8 Å². The molecule has 3 atom stereocenters. The molecule has 0 saturated carbocycles. The molecule has 0 spiro atoms. The van der Waals surface area contributed by atoms with E-state index < -0.39 is 8.32 Å². The Hall–Kier alpha value is -0.243. The van der Waals surface area contributed by atoms with Crippen LogP contribution in [0.3, 0.4) is 0 Å². The van der Waals surface area contributed by atoms with Gasteiger partial charge in [0, 0.05) is 13.5 Å². The summed E-state index contributed by atoms with van der Waals surface area (Å²) in [6.45, 7) is 13.1. The van der Waals surface area contributed by atoms with Gasteiger partial charge < -0.3 is 23.4 Å². The molecular formula is C17H32O5Si. The second kappa shape index (κ2) is 7.76. The van der Waals surface area contributed by atoms with Crippen molar-refractivity contribution in [1.29, 1.82) is 0 Å². The van der Waals surface area contributed by atoms with Crippen LogP contribution in [0.25, 0.3) is 0 Å². The Bertz CT molecular complexity index is 398. The lowest BCUT2D eigenvalue weighted by atomic mass is 10.1. The minimum absolute atomic E-state index is 0.0162. The van der Waals surface area contributed by atoms with E-state index >= 15 is 0 Å². The average molecular weight is 345 g/mol. The maximum Gasteiger partial charge on any atom is 0.192 e. The largest absolute Gasteiger partial charge is 0.414 e. The Labute approximate surface area is 141 Å². The van der Waals surface area contributed by atoms with Crippen LogP contribution in [-0.2, 0) is 23.4 Å². The predicted molar refractivity (Wildman–Crippen MR) is 92.1 cm³/mol. The number of rotatable bonds is 6. The van der Waals surface area contributed by atoms with Crippen molar-refractivity contribution in [3.8, 4) is 0 Å². The molecule has 2 rings (SSSR count). The van der Waals surface area contributed by atoms with Crippen molar-refractivity contribution in [2.75, 3.05) is 26.9 Å². The van der Waals surface area contributed by atoms with E-state index in [0.717, 1.165) is 0 Å². The highest BCUT2D eigenvalue weighted by molar-refractivity contribution is 6.74. The summed E-state index contributed by atoms with van der Waals surface area (Å²) in [5.41, 5.74) is 0. The molecule has 6 heteroatoms. The van der Waals surface area contributed by atoms with Crippen molar-refractivity contribution < 1.29 is 23.4 Å². The zero-order valence-electron chi connectivity index (χ0n) is 15.3. The first kappa shape index (κ1) is 19.1. The summed E-state index contributed by atoms with van der Waals surface area (Å²) in [5.74, 6) is 0. The van der Waals surface area contributed by atoms with Gasteiger partial charge in [-0.2, -0.15) is 0 Å². The molecule has 0 unspecified atom stereocenters. The summed E-state index contributed by atoms with van der Waals surface area (Å²) in [7, 11) is -0.0885. The molecule has 0 N–H and O–H groups in total. The monoisotopic (exact) mass is 344 g/mol. The molecule has 2 aliphatic heterocycles. The summed E-state index contributed by atoms with van der Waals surface area (Å²) in [5, 5.41) is 0.186. The van der Waals surface area contributed by atoms with Gasteiger partial charge in [-0.05, 0) is 18.1 Å². The average Bonchev–Trinajstić information content (AvgIpc) is 2.97. The van der Waals surface area contributed by atoms with Crippen molar-refractivity contribution >= 4 is 8.32 Å². The van der Waals surface area contributed by atoms with Crippen LogP contribution < -0.4 is 0 Å². The topological polar surface area (TPSA) is 46.2 Å². The standard InChI is InChI=1S/C17H32O5Si/c1-17(2,3)23(5,6)21-12-15-14(18-4)8-7-13(22-15)11-16-19-9-10-20-16/h7-8,13-16H,9-12H2,1-6H3/t13-,14-,15+/m0/s1. The zero-order chi connectivity index (χ0) is 17.1. The first-order valence-electron chi connectivity index (χ1n) is 8.46. The van der Waals surface area contributed by atoms with Gasteiger partial charge in [-0.25, -0.2) is 0 Å². The molecule has 0 amide bonds. The van der Waals surface area contributed by atoms with E-state index in [1.54, 1.807) is 7.11 Å². The van der Waals surface area contributed by atoms with Crippen molar-refractivity contribution in [3.05, 3.63) is 12.2 Å². The lowest BCUT2D eigenvalue weighted by Crippen LogP contribution is -2.47. The summed E-state index contributed by atoms with van der Waals surface area (Å²) < 4.78 is 29.1. The minimum Gasteiger partial charge on any atom is -0.414 e. The van der Waals surface area contributed by atoms with E-state index in [4.69, 9.17) is 23.4 Å². The van der Waals surface area contributed by atoms with Gasteiger partial charge >= 0.3 is 0 Å². The third kappa shape index (κ3) is 5.11. The second-order valence-corrected chi connectivity index (χ2v) is 12.6. The fourth-order valence-corrected chi connectivity index (χ4v) is 3.46. The van der Waals surface area contributed by atoms with Gasteiger partial charge in [0.2, 0.25) is 0 Å². The highest BCUT2D eigenvalue weighted by Gasteiger charge is 2.39. The number of hydrogen-bond acceptors (Lipinski definition) is 5. The third-order valence-electron chi connectivity index (χ3n) is 5.03. The molecule has 0 aliphatic carbocycles. The normalized spacial score (nSPS) is 30.1. The Kier molecular flexibility index (Phi) is 6.44. The van der Waals surface area contributed by atoms with E-state index in [1.165, 1.54) is 0 Å². The van der Waals surface area contributed by atoms with Crippen LogP contribution >= 0.6 is 0 Å². The van der Waals surface area contributed by atoms with E-state index in [-0.39, 0.29) is 29.6 Å².